The fourth-order valence-corrected chi connectivity index (χ4v) is 3.86. The Morgan fingerprint density at radius 3 is 2.77 bits per heavy atom. The lowest BCUT2D eigenvalue weighted by molar-refractivity contribution is -0.135. The lowest BCUT2D eigenvalue weighted by Crippen LogP contribution is -2.45. The molecule has 1 aliphatic heterocycles. The van der Waals surface area contributed by atoms with Gasteiger partial charge in [0.2, 0.25) is 17.7 Å². The van der Waals surface area contributed by atoms with Crippen molar-refractivity contribution in [3.05, 3.63) is 39.9 Å². The van der Waals surface area contributed by atoms with E-state index in [0.29, 0.717) is 28.7 Å². The summed E-state index contributed by atoms with van der Waals surface area (Å²) in [5.74, 6) is -0.457. The van der Waals surface area contributed by atoms with Crippen LogP contribution in [0.25, 0.3) is 10.9 Å². The minimum atomic E-state index is -0.770. The molecule has 1 saturated heterocycles. The molecule has 1 aromatic carbocycles. The van der Waals surface area contributed by atoms with Gasteiger partial charge in [-0.05, 0) is 31.4 Å². The van der Waals surface area contributed by atoms with Gasteiger partial charge in [0.1, 0.15) is 11.9 Å². The van der Waals surface area contributed by atoms with Crippen molar-refractivity contribution in [3.8, 4) is 0 Å². The van der Waals surface area contributed by atoms with Crippen LogP contribution in [0.2, 0.25) is 0 Å². The molecule has 30 heavy (non-hydrogen) atoms. The summed E-state index contributed by atoms with van der Waals surface area (Å²) >= 11 is 0. The van der Waals surface area contributed by atoms with Crippen LogP contribution in [0.5, 0.6) is 0 Å². The number of aromatic nitrogens is 2. The second-order valence-corrected chi connectivity index (χ2v) is 7.70. The molecule has 3 amide bonds. The summed E-state index contributed by atoms with van der Waals surface area (Å²) in [6.45, 7) is 4.02. The van der Waals surface area contributed by atoms with Crippen molar-refractivity contribution in [2.75, 3.05) is 0 Å². The summed E-state index contributed by atoms with van der Waals surface area (Å²) in [4.78, 5) is 53.8. The summed E-state index contributed by atoms with van der Waals surface area (Å²) in [7, 11) is 0. The van der Waals surface area contributed by atoms with E-state index in [0.717, 1.165) is 25.7 Å². The van der Waals surface area contributed by atoms with Crippen LogP contribution in [0.1, 0.15) is 69.3 Å². The van der Waals surface area contributed by atoms with Crippen molar-refractivity contribution in [3.63, 3.8) is 0 Å². The molecular weight excluding hydrogens is 384 g/mol. The molecule has 1 unspecified atom stereocenters. The number of nitrogens with zero attached hydrogens (tertiary/aromatic N) is 2. The summed E-state index contributed by atoms with van der Waals surface area (Å²) in [6.07, 6.45) is 5.00. The Hall–Kier alpha value is -3.03. The van der Waals surface area contributed by atoms with Crippen LogP contribution in [-0.4, -0.2) is 27.3 Å². The topological polar surface area (TPSA) is 110 Å². The van der Waals surface area contributed by atoms with E-state index < -0.39 is 11.9 Å². The number of hydrogen-bond donors (Lipinski definition) is 2. The van der Waals surface area contributed by atoms with Crippen LogP contribution in [-0.2, 0) is 20.9 Å². The second-order valence-electron chi connectivity index (χ2n) is 7.70. The summed E-state index contributed by atoms with van der Waals surface area (Å²) < 4.78 is 1.36. The average Bonchev–Trinajstić information content (AvgIpc) is 2.71. The molecule has 0 saturated carbocycles. The number of unbranched alkanes of at least 4 members (excludes halogenated alkanes) is 3. The third-order valence-electron chi connectivity index (χ3n) is 5.45. The lowest BCUT2D eigenvalue weighted by atomic mass is 10.0. The lowest BCUT2D eigenvalue weighted by Gasteiger charge is -2.24. The van der Waals surface area contributed by atoms with Gasteiger partial charge < -0.3 is 5.32 Å². The monoisotopic (exact) mass is 412 g/mol. The highest BCUT2D eigenvalue weighted by Gasteiger charge is 2.30. The number of amides is 3. The number of benzene rings is 1. The van der Waals surface area contributed by atoms with Gasteiger partial charge in [-0.3, -0.25) is 29.1 Å². The van der Waals surface area contributed by atoms with Crippen molar-refractivity contribution >= 4 is 28.6 Å². The molecule has 160 valence electrons. The minimum absolute atomic E-state index is 0.0475. The van der Waals surface area contributed by atoms with Crippen LogP contribution in [0.3, 0.4) is 0 Å². The molecule has 0 radical (unpaired) electrons. The number of hydrogen-bond acceptors (Lipinski definition) is 5. The second kappa shape index (κ2) is 9.65. The van der Waals surface area contributed by atoms with Gasteiger partial charge >= 0.3 is 0 Å². The summed E-state index contributed by atoms with van der Waals surface area (Å²) in [5.41, 5.74) is 0.850. The number of rotatable bonds is 8. The summed E-state index contributed by atoms with van der Waals surface area (Å²) in [6, 6.07) is 4.56. The Morgan fingerprint density at radius 2 is 2.03 bits per heavy atom. The standard InChI is InChI=1S/C22H28N4O4/c1-3-4-5-6-10-18(27)23-13-15-8-7-9-16-20(15)22(30)26(14(2)24-16)17-11-12-19(28)25-21(17)29/h7-9,17H,3-6,10-13H2,1-2H3,(H,23,27)(H,25,28,29). The fourth-order valence-electron chi connectivity index (χ4n) is 3.86. The Morgan fingerprint density at radius 1 is 1.23 bits per heavy atom. The SMILES string of the molecule is CCCCCCC(=O)NCc1cccc2nc(C)n(C3CCC(=O)NC3=O)c(=O)c12. The van der Waals surface area contributed by atoms with Gasteiger partial charge in [0.05, 0.1) is 10.9 Å². The third-order valence-corrected chi connectivity index (χ3v) is 5.45. The first kappa shape index (κ1) is 21.7. The molecule has 1 fully saturated rings. The van der Waals surface area contributed by atoms with E-state index in [1.807, 2.05) is 0 Å². The van der Waals surface area contributed by atoms with Crippen LogP contribution in [0.4, 0.5) is 0 Å². The van der Waals surface area contributed by atoms with E-state index in [2.05, 4.69) is 22.5 Å². The van der Waals surface area contributed by atoms with Gasteiger partial charge in [-0.25, -0.2) is 4.98 Å². The van der Waals surface area contributed by atoms with Gasteiger partial charge in [0.25, 0.3) is 5.56 Å². The molecular formula is C22H28N4O4. The number of nitrogens with one attached hydrogen (secondary N) is 2. The third kappa shape index (κ3) is 4.75. The zero-order chi connectivity index (χ0) is 21.7. The predicted molar refractivity (Wildman–Crippen MR) is 113 cm³/mol. The van der Waals surface area contributed by atoms with Gasteiger partial charge in [0.15, 0.2) is 0 Å². The molecule has 8 nitrogen and oxygen atoms in total. The molecule has 0 aliphatic carbocycles. The molecule has 2 heterocycles. The van der Waals surface area contributed by atoms with Gasteiger partial charge in [-0.2, -0.15) is 0 Å². The van der Waals surface area contributed by atoms with E-state index in [-0.39, 0.29) is 36.8 Å². The highest BCUT2D eigenvalue weighted by Crippen LogP contribution is 2.21. The molecule has 2 N–H and O–H groups in total. The van der Waals surface area contributed by atoms with Crippen LogP contribution in [0, 0.1) is 6.92 Å². The van der Waals surface area contributed by atoms with Gasteiger partial charge in [-0.15, -0.1) is 0 Å². The largest absolute Gasteiger partial charge is 0.352 e. The minimum Gasteiger partial charge on any atom is -0.352 e. The van der Waals surface area contributed by atoms with E-state index in [4.69, 9.17) is 0 Å². The predicted octanol–water partition coefficient (Wildman–Crippen LogP) is 2.27. The van der Waals surface area contributed by atoms with E-state index in [9.17, 15) is 19.2 Å². The maximum atomic E-state index is 13.3. The summed E-state index contributed by atoms with van der Waals surface area (Å²) in [5, 5.41) is 5.56. The van der Waals surface area contributed by atoms with E-state index >= 15 is 0 Å². The number of imide groups is 1. The molecule has 3 rings (SSSR count). The Kier molecular flexibility index (Phi) is 6.97. The van der Waals surface area contributed by atoms with E-state index in [1.165, 1.54) is 4.57 Å². The number of carbonyl (C=O) groups excluding carboxylic acids is 3. The van der Waals surface area contributed by atoms with Crippen molar-refractivity contribution in [2.45, 2.75) is 71.4 Å². The van der Waals surface area contributed by atoms with Crippen molar-refractivity contribution in [1.29, 1.82) is 0 Å². The Balaban J connectivity index is 1.86. The zero-order valence-corrected chi connectivity index (χ0v) is 17.5. The van der Waals surface area contributed by atoms with Crippen molar-refractivity contribution < 1.29 is 14.4 Å². The number of aryl methyl sites for hydroxylation is 1. The normalized spacial score (nSPS) is 16.5. The number of fused-ring (bicyclic) bond motifs is 1. The smallest absolute Gasteiger partial charge is 0.262 e. The number of carbonyl (C=O) groups is 3. The molecule has 2 aromatic rings. The molecule has 8 heteroatoms. The van der Waals surface area contributed by atoms with E-state index in [1.54, 1.807) is 25.1 Å². The molecule has 1 aliphatic rings. The maximum Gasteiger partial charge on any atom is 0.262 e. The van der Waals surface area contributed by atoms with Crippen molar-refractivity contribution in [2.24, 2.45) is 0 Å². The first-order valence-corrected chi connectivity index (χ1v) is 10.5. The van der Waals surface area contributed by atoms with Crippen LogP contribution < -0.4 is 16.2 Å². The van der Waals surface area contributed by atoms with Crippen LogP contribution >= 0.6 is 0 Å². The average molecular weight is 412 g/mol. The Bertz CT molecular complexity index is 1030. The quantitative estimate of drug-likeness (QED) is 0.510. The first-order valence-electron chi connectivity index (χ1n) is 10.5. The highest BCUT2D eigenvalue weighted by molar-refractivity contribution is 5.99. The van der Waals surface area contributed by atoms with Gasteiger partial charge in [-0.1, -0.05) is 38.3 Å². The maximum absolute atomic E-state index is 13.3. The Labute approximate surface area is 175 Å². The molecule has 0 bridgehead atoms. The molecule has 0 spiro atoms. The highest BCUT2D eigenvalue weighted by atomic mass is 16.2. The fraction of sp³-hybridized carbons (Fsp3) is 0.500. The van der Waals surface area contributed by atoms with Crippen molar-refractivity contribution in [1.82, 2.24) is 20.2 Å². The first-order chi connectivity index (χ1) is 14.4. The van der Waals surface area contributed by atoms with Crippen LogP contribution in [0.15, 0.2) is 23.0 Å². The number of piperidine rings is 1. The zero-order valence-electron chi connectivity index (χ0n) is 17.5. The van der Waals surface area contributed by atoms with Gasteiger partial charge in [0, 0.05) is 19.4 Å². The molecule has 1 aromatic heterocycles. The molecule has 1 atom stereocenters.